The third-order valence-corrected chi connectivity index (χ3v) is 8.57. The third-order valence-electron chi connectivity index (χ3n) is 5.03. The number of ether oxygens (including phenoxy) is 1. The second kappa shape index (κ2) is 6.74. The maximum atomic E-state index is 13.3. The van der Waals surface area contributed by atoms with Crippen LogP contribution in [0.2, 0.25) is 5.02 Å². The van der Waals surface area contributed by atoms with E-state index in [0.717, 1.165) is 28.1 Å². The van der Waals surface area contributed by atoms with Crippen molar-refractivity contribution in [3.8, 4) is 5.75 Å². The van der Waals surface area contributed by atoms with Gasteiger partial charge in [0.1, 0.15) is 10.8 Å². The van der Waals surface area contributed by atoms with Gasteiger partial charge in [-0.15, -0.1) is 11.3 Å². The molecule has 1 saturated heterocycles. The standard InChI is InChI=1S/C19H19ClN2O3S2/c1-19(18-21-16-9-4-13(20)12-17(16)26-18)10-3-11-22(19)27(23,24)15-7-5-14(25-2)6-8-15/h4-9,12H,3,10-11H2,1-2H3. The lowest BCUT2D eigenvalue weighted by Gasteiger charge is -2.32. The van der Waals surface area contributed by atoms with Crippen LogP contribution in [0.4, 0.5) is 0 Å². The van der Waals surface area contributed by atoms with E-state index in [2.05, 4.69) is 0 Å². The summed E-state index contributed by atoms with van der Waals surface area (Å²) in [5.74, 6) is 0.626. The Balaban J connectivity index is 1.76. The van der Waals surface area contributed by atoms with Crippen molar-refractivity contribution in [3.05, 3.63) is 52.5 Å². The molecule has 2 heterocycles. The molecule has 3 aromatic rings. The largest absolute Gasteiger partial charge is 0.497 e. The van der Waals surface area contributed by atoms with E-state index in [9.17, 15) is 8.42 Å². The number of nitrogens with zero attached hydrogens (tertiary/aromatic N) is 2. The molecule has 0 radical (unpaired) electrons. The summed E-state index contributed by atoms with van der Waals surface area (Å²) in [4.78, 5) is 4.99. The number of benzene rings is 2. The van der Waals surface area contributed by atoms with Gasteiger partial charge in [0, 0.05) is 11.6 Å². The maximum Gasteiger partial charge on any atom is 0.243 e. The highest BCUT2D eigenvalue weighted by Crippen LogP contribution is 2.44. The lowest BCUT2D eigenvalue weighted by Crippen LogP contribution is -2.42. The molecule has 8 heteroatoms. The zero-order chi connectivity index (χ0) is 19.2. The summed E-state index contributed by atoms with van der Waals surface area (Å²) >= 11 is 7.60. The van der Waals surface area contributed by atoms with E-state index in [0.29, 0.717) is 17.3 Å². The molecule has 0 saturated carbocycles. The fraction of sp³-hybridized carbons (Fsp3) is 0.316. The quantitative estimate of drug-likeness (QED) is 0.613. The van der Waals surface area contributed by atoms with Crippen molar-refractivity contribution >= 4 is 43.2 Å². The van der Waals surface area contributed by atoms with Crippen molar-refractivity contribution in [3.63, 3.8) is 0 Å². The smallest absolute Gasteiger partial charge is 0.243 e. The van der Waals surface area contributed by atoms with E-state index < -0.39 is 15.6 Å². The number of methoxy groups -OCH3 is 1. The number of fused-ring (bicyclic) bond motifs is 1. The van der Waals surface area contributed by atoms with Gasteiger partial charge in [-0.1, -0.05) is 11.6 Å². The minimum absolute atomic E-state index is 0.264. The van der Waals surface area contributed by atoms with E-state index in [1.165, 1.54) is 11.3 Å². The Kier molecular flexibility index (Phi) is 4.66. The molecular weight excluding hydrogens is 404 g/mol. The molecule has 4 rings (SSSR count). The zero-order valence-electron chi connectivity index (χ0n) is 15.0. The average Bonchev–Trinajstić information content (AvgIpc) is 3.26. The fourth-order valence-electron chi connectivity index (χ4n) is 3.54. The molecule has 2 aromatic carbocycles. The molecule has 1 atom stereocenters. The Labute approximate surface area is 167 Å². The Morgan fingerprint density at radius 3 is 2.67 bits per heavy atom. The number of thiazole rings is 1. The first-order valence-corrected chi connectivity index (χ1v) is 11.2. The van der Waals surface area contributed by atoms with Crippen LogP contribution >= 0.6 is 22.9 Å². The third kappa shape index (κ3) is 3.12. The van der Waals surface area contributed by atoms with Gasteiger partial charge in [-0.3, -0.25) is 0 Å². The van der Waals surface area contributed by atoms with Crippen molar-refractivity contribution in [1.82, 2.24) is 9.29 Å². The second-order valence-electron chi connectivity index (χ2n) is 6.76. The molecular formula is C19H19ClN2O3S2. The molecule has 142 valence electrons. The lowest BCUT2D eigenvalue weighted by molar-refractivity contribution is 0.269. The molecule has 0 N–H and O–H groups in total. The summed E-state index contributed by atoms with van der Waals surface area (Å²) in [6.07, 6.45) is 1.53. The lowest BCUT2D eigenvalue weighted by atomic mass is 10.0. The average molecular weight is 423 g/mol. The molecule has 1 aromatic heterocycles. The van der Waals surface area contributed by atoms with Gasteiger partial charge >= 0.3 is 0 Å². The highest BCUT2D eigenvalue weighted by atomic mass is 35.5. The fourth-order valence-corrected chi connectivity index (χ4v) is 6.84. The summed E-state index contributed by atoms with van der Waals surface area (Å²) < 4.78 is 34.3. The number of halogens is 1. The minimum Gasteiger partial charge on any atom is -0.497 e. The Morgan fingerprint density at radius 1 is 1.22 bits per heavy atom. The molecule has 1 unspecified atom stereocenters. The van der Waals surface area contributed by atoms with Crippen molar-refractivity contribution in [1.29, 1.82) is 0 Å². The van der Waals surface area contributed by atoms with E-state index in [4.69, 9.17) is 21.3 Å². The van der Waals surface area contributed by atoms with E-state index in [1.807, 2.05) is 19.1 Å². The van der Waals surface area contributed by atoms with Crippen molar-refractivity contribution in [2.75, 3.05) is 13.7 Å². The van der Waals surface area contributed by atoms with Crippen molar-refractivity contribution in [2.24, 2.45) is 0 Å². The van der Waals surface area contributed by atoms with Gasteiger partial charge in [0.2, 0.25) is 10.0 Å². The van der Waals surface area contributed by atoms with E-state index in [1.54, 1.807) is 41.7 Å². The topological polar surface area (TPSA) is 59.5 Å². The highest BCUT2D eigenvalue weighted by molar-refractivity contribution is 7.89. The van der Waals surface area contributed by atoms with Crippen LogP contribution in [0.5, 0.6) is 5.75 Å². The molecule has 1 aliphatic heterocycles. The Hall–Kier alpha value is -1.67. The van der Waals surface area contributed by atoms with Gasteiger partial charge in [0.05, 0.1) is 27.8 Å². The number of hydrogen-bond acceptors (Lipinski definition) is 5. The zero-order valence-corrected chi connectivity index (χ0v) is 17.4. The van der Waals surface area contributed by atoms with Crippen LogP contribution in [-0.4, -0.2) is 31.4 Å². The van der Waals surface area contributed by atoms with E-state index in [-0.39, 0.29) is 4.90 Å². The molecule has 0 amide bonds. The normalized spacial score (nSPS) is 21.0. The maximum absolute atomic E-state index is 13.3. The highest BCUT2D eigenvalue weighted by Gasteiger charge is 2.47. The predicted molar refractivity (Wildman–Crippen MR) is 108 cm³/mol. The predicted octanol–water partition coefficient (Wildman–Crippen LogP) is 4.66. The first kappa shape index (κ1) is 18.7. The SMILES string of the molecule is COc1ccc(S(=O)(=O)N2CCCC2(C)c2nc3ccc(Cl)cc3s2)cc1. The summed E-state index contributed by atoms with van der Waals surface area (Å²) in [7, 11) is -2.09. The van der Waals surface area contributed by atoms with Gasteiger partial charge in [-0.05, 0) is 62.2 Å². The molecule has 27 heavy (non-hydrogen) atoms. The first-order valence-electron chi connectivity index (χ1n) is 8.58. The van der Waals surface area contributed by atoms with Crippen LogP contribution in [0.3, 0.4) is 0 Å². The Bertz CT molecular complexity index is 1100. The summed E-state index contributed by atoms with van der Waals surface area (Å²) in [6.45, 7) is 2.43. The molecule has 1 aliphatic rings. The Morgan fingerprint density at radius 2 is 1.96 bits per heavy atom. The molecule has 0 aliphatic carbocycles. The van der Waals surface area contributed by atoms with Crippen LogP contribution in [0, 0.1) is 0 Å². The number of aromatic nitrogens is 1. The van der Waals surface area contributed by atoms with Crippen molar-refractivity contribution in [2.45, 2.75) is 30.2 Å². The van der Waals surface area contributed by atoms with Crippen LogP contribution in [-0.2, 0) is 15.6 Å². The van der Waals surface area contributed by atoms with Gasteiger partial charge in [-0.2, -0.15) is 4.31 Å². The van der Waals surface area contributed by atoms with E-state index >= 15 is 0 Å². The number of rotatable bonds is 4. The van der Waals surface area contributed by atoms with Crippen LogP contribution in [0.15, 0.2) is 47.4 Å². The first-order chi connectivity index (χ1) is 12.8. The summed E-state index contributed by atoms with van der Waals surface area (Å²) in [5, 5.41) is 1.45. The van der Waals surface area contributed by atoms with Crippen molar-refractivity contribution < 1.29 is 13.2 Å². The van der Waals surface area contributed by atoms with Gasteiger partial charge < -0.3 is 4.74 Å². The molecule has 1 fully saturated rings. The number of sulfonamides is 1. The van der Waals surface area contributed by atoms with Crippen LogP contribution in [0.25, 0.3) is 10.2 Å². The number of hydrogen-bond donors (Lipinski definition) is 0. The molecule has 5 nitrogen and oxygen atoms in total. The van der Waals surface area contributed by atoms with Crippen LogP contribution in [0.1, 0.15) is 24.8 Å². The second-order valence-corrected chi connectivity index (χ2v) is 10.1. The van der Waals surface area contributed by atoms with Gasteiger partial charge in [0.25, 0.3) is 0 Å². The molecule has 0 spiro atoms. The summed E-state index contributed by atoms with van der Waals surface area (Å²) in [5.41, 5.74) is 0.170. The monoisotopic (exact) mass is 422 g/mol. The minimum atomic E-state index is -3.65. The summed E-state index contributed by atoms with van der Waals surface area (Å²) in [6, 6.07) is 12.1. The van der Waals surface area contributed by atoms with Gasteiger partial charge in [-0.25, -0.2) is 13.4 Å². The van der Waals surface area contributed by atoms with Gasteiger partial charge in [0.15, 0.2) is 0 Å². The molecule has 0 bridgehead atoms. The van der Waals surface area contributed by atoms with Crippen LogP contribution < -0.4 is 4.74 Å².